The molecule has 1 aliphatic heterocycles. The number of anilines is 1. The lowest BCUT2D eigenvalue weighted by Crippen LogP contribution is -2.51. The number of H-pyrrole nitrogens is 1. The molecule has 0 radical (unpaired) electrons. The molecule has 1 fully saturated rings. The van der Waals surface area contributed by atoms with Gasteiger partial charge in [0.25, 0.3) is 5.56 Å². The first-order chi connectivity index (χ1) is 13.7. The Kier molecular flexibility index (Phi) is 5.89. The van der Waals surface area contributed by atoms with Gasteiger partial charge in [0, 0.05) is 0 Å². The van der Waals surface area contributed by atoms with E-state index in [1.807, 2.05) is 0 Å². The topological polar surface area (TPSA) is 282 Å². The number of hydrogen-bond donors (Lipinski definition) is 8. The van der Waals surface area contributed by atoms with Crippen LogP contribution >= 0.6 is 15.6 Å². The Hall–Kier alpha value is -1.79. The monoisotopic (exact) mass is 475 g/mol. The minimum absolute atomic E-state index is 0.230. The van der Waals surface area contributed by atoms with Crippen LogP contribution in [-0.2, 0) is 28.0 Å². The minimum atomic E-state index is -5.44. The van der Waals surface area contributed by atoms with Crippen LogP contribution in [0.1, 0.15) is 6.23 Å². The number of nitrogens with zero attached hydrogens (tertiary/aromatic N) is 3. The van der Waals surface area contributed by atoms with Gasteiger partial charge in [0.2, 0.25) is 11.7 Å². The molecule has 0 spiro atoms. The van der Waals surface area contributed by atoms with Gasteiger partial charge in [0.1, 0.15) is 12.7 Å². The molecule has 3 rings (SSSR count). The van der Waals surface area contributed by atoms with E-state index in [4.69, 9.17) is 30.0 Å². The van der Waals surface area contributed by atoms with Crippen molar-refractivity contribution < 1.29 is 57.7 Å². The SMILES string of the molecule is Nc1nc2c(ncn2[C@@H]2O[C@H](COOP(=O)(O)O)[C@](O)(OP(=O)(O)O)[C@H]2O)c(=O)[nH]1. The first-order valence-corrected chi connectivity index (χ1v) is 10.7. The lowest BCUT2D eigenvalue weighted by molar-refractivity contribution is -0.279. The van der Waals surface area contributed by atoms with E-state index in [-0.39, 0.29) is 17.1 Å². The molecule has 1 saturated heterocycles. The zero-order chi connectivity index (χ0) is 22.5. The summed E-state index contributed by atoms with van der Waals surface area (Å²) in [6, 6.07) is 0. The summed E-state index contributed by atoms with van der Waals surface area (Å²) < 4.78 is 36.1. The summed E-state index contributed by atoms with van der Waals surface area (Å²) in [7, 11) is -10.6. The van der Waals surface area contributed by atoms with E-state index in [2.05, 4.69) is 29.0 Å². The summed E-state index contributed by atoms with van der Waals surface area (Å²) in [6.45, 7) is -1.07. The Morgan fingerprint density at radius 3 is 2.57 bits per heavy atom. The first kappa shape index (κ1) is 22.9. The van der Waals surface area contributed by atoms with Gasteiger partial charge in [-0.3, -0.25) is 14.3 Å². The number of aromatic nitrogens is 4. The van der Waals surface area contributed by atoms with Crippen molar-refractivity contribution in [2.24, 2.45) is 0 Å². The zero-order valence-corrected chi connectivity index (χ0v) is 16.2. The van der Waals surface area contributed by atoms with Gasteiger partial charge < -0.3 is 40.3 Å². The van der Waals surface area contributed by atoms with Crippen molar-refractivity contribution in [3.05, 3.63) is 16.7 Å². The maximum absolute atomic E-state index is 11.9. The van der Waals surface area contributed by atoms with Crippen LogP contribution < -0.4 is 11.3 Å². The number of hydrogen-bond acceptors (Lipinski definition) is 12. The third-order valence-electron chi connectivity index (χ3n) is 3.82. The number of phosphoric acid groups is 2. The normalized spacial score (nSPS) is 27.7. The van der Waals surface area contributed by atoms with Crippen LogP contribution in [0, 0.1) is 0 Å². The van der Waals surface area contributed by atoms with Crippen molar-refractivity contribution in [1.82, 2.24) is 19.5 Å². The van der Waals surface area contributed by atoms with E-state index in [9.17, 15) is 24.1 Å². The standard InChI is InChI=1S/C10H15N5O13P2/c11-9-13-6-4(7(17)14-9)12-2-15(6)8-5(16)10(18,27-29(19,20)21)3(26-8)1-25-28-30(22,23)24/h2-3,5,8,16,18H,1H2,(H2,19,20,21)(H2,22,23,24)(H3,11,13,14,17)/t3-,5+,8-,10+/m1/s1. The predicted octanol–water partition coefficient (Wildman–Crippen LogP) is -3.20. The Balaban J connectivity index is 1.98. The van der Waals surface area contributed by atoms with Gasteiger partial charge in [-0.1, -0.05) is 0 Å². The largest absolute Gasteiger partial charge is 0.496 e. The molecule has 0 amide bonds. The van der Waals surface area contributed by atoms with Crippen molar-refractivity contribution in [3.8, 4) is 0 Å². The molecule has 4 atom stereocenters. The van der Waals surface area contributed by atoms with E-state index < -0.39 is 52.0 Å². The number of aliphatic hydroxyl groups excluding tert-OH is 1. The van der Waals surface area contributed by atoms with E-state index in [1.165, 1.54) is 0 Å². The molecule has 20 heteroatoms. The Morgan fingerprint density at radius 1 is 1.30 bits per heavy atom. The molecule has 18 nitrogen and oxygen atoms in total. The Morgan fingerprint density at radius 2 is 1.97 bits per heavy atom. The molecule has 30 heavy (non-hydrogen) atoms. The van der Waals surface area contributed by atoms with Crippen LogP contribution in [0.2, 0.25) is 0 Å². The van der Waals surface area contributed by atoms with Crippen molar-refractivity contribution in [2.45, 2.75) is 24.2 Å². The second kappa shape index (κ2) is 7.72. The molecule has 2 aromatic heterocycles. The summed E-state index contributed by atoms with van der Waals surface area (Å²) in [5, 5.41) is 21.1. The van der Waals surface area contributed by atoms with Crippen LogP contribution in [0.5, 0.6) is 0 Å². The van der Waals surface area contributed by atoms with Gasteiger partial charge in [-0.15, -0.1) is 4.67 Å². The number of fused-ring (bicyclic) bond motifs is 1. The number of aromatic amines is 1. The molecular weight excluding hydrogens is 460 g/mol. The van der Waals surface area contributed by atoms with Crippen molar-refractivity contribution in [1.29, 1.82) is 0 Å². The van der Waals surface area contributed by atoms with Gasteiger partial charge in [-0.25, -0.2) is 23.5 Å². The molecular formula is C10H15N5O13P2. The van der Waals surface area contributed by atoms with E-state index in [0.29, 0.717) is 0 Å². The van der Waals surface area contributed by atoms with Crippen LogP contribution in [0.4, 0.5) is 5.95 Å². The molecule has 0 aliphatic carbocycles. The number of aliphatic hydroxyl groups is 2. The average molecular weight is 475 g/mol. The number of ether oxygens (including phenoxy) is 1. The summed E-state index contributed by atoms with van der Waals surface area (Å²) in [5.41, 5.74) is 4.23. The van der Waals surface area contributed by atoms with Crippen LogP contribution in [0.3, 0.4) is 0 Å². The quantitative estimate of drug-likeness (QED) is 0.0846. The van der Waals surface area contributed by atoms with Gasteiger partial charge in [0.05, 0.1) is 6.33 Å². The summed E-state index contributed by atoms with van der Waals surface area (Å²) in [5.74, 6) is -3.50. The number of phosphoric ester groups is 1. The third kappa shape index (κ3) is 4.59. The molecule has 0 saturated carbocycles. The van der Waals surface area contributed by atoms with Crippen molar-refractivity contribution in [2.75, 3.05) is 12.3 Å². The lowest BCUT2D eigenvalue weighted by atomic mass is 10.1. The number of nitrogens with two attached hydrogens (primary N) is 1. The van der Waals surface area contributed by atoms with Crippen molar-refractivity contribution in [3.63, 3.8) is 0 Å². The highest BCUT2D eigenvalue weighted by Crippen LogP contribution is 2.49. The number of rotatable bonds is 7. The summed E-state index contributed by atoms with van der Waals surface area (Å²) in [4.78, 5) is 61.2. The summed E-state index contributed by atoms with van der Waals surface area (Å²) >= 11 is 0. The third-order valence-corrected chi connectivity index (χ3v) is 4.65. The molecule has 9 N–H and O–H groups in total. The molecule has 0 bridgehead atoms. The first-order valence-electron chi connectivity index (χ1n) is 7.62. The minimum Gasteiger partial charge on any atom is -0.383 e. The summed E-state index contributed by atoms with van der Waals surface area (Å²) in [6.07, 6.45) is -4.99. The fraction of sp³-hybridized carbons (Fsp3) is 0.500. The van der Waals surface area contributed by atoms with E-state index >= 15 is 0 Å². The van der Waals surface area contributed by atoms with Crippen molar-refractivity contribution >= 4 is 32.8 Å². The Bertz CT molecular complexity index is 1090. The van der Waals surface area contributed by atoms with Gasteiger partial charge in [-0.2, -0.15) is 4.98 Å². The molecule has 3 heterocycles. The number of nitrogen functional groups attached to an aromatic ring is 1. The Labute approximate surface area is 164 Å². The highest BCUT2D eigenvalue weighted by atomic mass is 31.2. The number of nitrogens with one attached hydrogen (secondary N) is 1. The van der Waals surface area contributed by atoms with Crippen LogP contribution in [0.15, 0.2) is 11.1 Å². The fourth-order valence-electron chi connectivity index (χ4n) is 2.70. The second-order valence-electron chi connectivity index (χ2n) is 5.92. The smallest absolute Gasteiger partial charge is 0.383 e. The molecule has 1 aliphatic rings. The second-order valence-corrected chi connectivity index (χ2v) is 8.21. The van der Waals surface area contributed by atoms with Gasteiger partial charge in [0.15, 0.2) is 23.5 Å². The average Bonchev–Trinajstić information content (AvgIpc) is 3.07. The number of imidazole rings is 1. The predicted molar refractivity (Wildman–Crippen MR) is 89.6 cm³/mol. The van der Waals surface area contributed by atoms with Gasteiger partial charge in [-0.05, 0) is 0 Å². The molecule has 0 aromatic carbocycles. The lowest BCUT2D eigenvalue weighted by Gasteiger charge is -2.30. The maximum atomic E-state index is 11.9. The maximum Gasteiger partial charge on any atom is 0.496 e. The fourth-order valence-corrected chi connectivity index (χ4v) is 3.51. The van der Waals surface area contributed by atoms with E-state index in [0.717, 1.165) is 10.9 Å². The van der Waals surface area contributed by atoms with E-state index in [1.54, 1.807) is 0 Å². The zero-order valence-electron chi connectivity index (χ0n) is 14.4. The van der Waals surface area contributed by atoms with Crippen LogP contribution in [-0.4, -0.2) is 73.9 Å². The van der Waals surface area contributed by atoms with Gasteiger partial charge >= 0.3 is 15.6 Å². The molecule has 2 aromatic rings. The van der Waals surface area contributed by atoms with Crippen LogP contribution in [0.25, 0.3) is 11.2 Å². The molecule has 168 valence electrons. The highest BCUT2D eigenvalue weighted by molar-refractivity contribution is 7.46. The molecule has 0 unspecified atom stereocenters. The highest BCUT2D eigenvalue weighted by Gasteiger charge is 2.60.